The molecule has 0 aliphatic rings. The molecule has 0 bridgehead atoms. The summed E-state index contributed by atoms with van der Waals surface area (Å²) in [6.45, 7) is 2.81. The third-order valence-corrected chi connectivity index (χ3v) is 5.72. The molecule has 1 unspecified atom stereocenters. The summed E-state index contributed by atoms with van der Waals surface area (Å²) in [5.41, 5.74) is 4.49. The Morgan fingerprint density at radius 3 is 2.08 bits per heavy atom. The van der Waals surface area contributed by atoms with Gasteiger partial charge in [0, 0.05) is 29.6 Å². The van der Waals surface area contributed by atoms with Gasteiger partial charge in [0.15, 0.2) is 0 Å². The molecule has 0 aliphatic carbocycles. The summed E-state index contributed by atoms with van der Waals surface area (Å²) in [5.74, 6) is 0.911. The van der Waals surface area contributed by atoms with Gasteiger partial charge in [0.2, 0.25) is 0 Å². The minimum absolute atomic E-state index is 0.107. The van der Waals surface area contributed by atoms with Gasteiger partial charge in [-0.3, -0.25) is 9.98 Å². The summed E-state index contributed by atoms with van der Waals surface area (Å²) >= 11 is 0. The van der Waals surface area contributed by atoms with Crippen LogP contribution in [0.4, 0.5) is 0 Å². The Kier molecular flexibility index (Phi) is 8.49. The molecule has 0 amide bonds. The van der Waals surface area contributed by atoms with Crippen molar-refractivity contribution in [3.05, 3.63) is 125 Å². The highest BCUT2D eigenvalue weighted by Crippen LogP contribution is 2.23. The number of rotatable bonds is 10. The van der Waals surface area contributed by atoms with E-state index in [4.69, 9.17) is 9.73 Å². The predicted octanol–water partition coefficient (Wildman–Crippen LogP) is 6.13. The number of phenolic OH excluding ortho intramolecular Hbond substituents is 2. The van der Waals surface area contributed by atoms with Gasteiger partial charge in [-0.2, -0.15) is 0 Å². The number of aromatic hydroxyl groups is 2. The van der Waals surface area contributed by atoms with Gasteiger partial charge in [-0.05, 0) is 54.3 Å². The normalized spacial score (nSPS) is 12.2. The van der Waals surface area contributed by atoms with Crippen molar-refractivity contribution in [2.24, 2.45) is 9.98 Å². The molecule has 0 saturated heterocycles. The average molecular weight is 479 g/mol. The highest BCUT2D eigenvalue weighted by atomic mass is 16.5. The number of hydrogen-bond acceptors (Lipinski definition) is 5. The number of nitrogens with zero attached hydrogens (tertiary/aromatic N) is 2. The zero-order chi connectivity index (χ0) is 25.2. The van der Waals surface area contributed by atoms with E-state index in [2.05, 4.69) is 17.1 Å². The number of ether oxygens (including phenoxy) is 1. The SMILES string of the molecule is Cc1ccc(C=NCC(Cc2ccccc2)N=Cc2ccc(OCc3ccccc3)cc2O)c(O)c1. The Balaban J connectivity index is 1.45. The largest absolute Gasteiger partial charge is 0.507 e. The standard InChI is InChI=1S/C31H30N2O3/c1-23-12-13-26(30(34)16-23)19-32-21-28(17-24-8-4-2-5-9-24)33-20-27-14-15-29(18-31(27)35)36-22-25-10-6-3-7-11-25/h2-16,18-20,28,34-35H,17,21-22H2,1H3. The molecule has 0 saturated carbocycles. The summed E-state index contributed by atoms with van der Waals surface area (Å²) < 4.78 is 5.80. The van der Waals surface area contributed by atoms with Gasteiger partial charge in [0.25, 0.3) is 0 Å². The van der Waals surface area contributed by atoms with E-state index in [-0.39, 0.29) is 17.5 Å². The monoisotopic (exact) mass is 478 g/mol. The van der Waals surface area contributed by atoms with Crippen LogP contribution in [0.5, 0.6) is 17.2 Å². The molecule has 4 aromatic rings. The number of hydrogen-bond donors (Lipinski definition) is 2. The Labute approximate surface area is 212 Å². The van der Waals surface area contributed by atoms with Crippen molar-refractivity contribution in [1.82, 2.24) is 0 Å². The third kappa shape index (κ3) is 7.31. The van der Waals surface area contributed by atoms with Crippen LogP contribution in [-0.2, 0) is 13.0 Å². The summed E-state index contributed by atoms with van der Waals surface area (Å²) in [7, 11) is 0. The van der Waals surface area contributed by atoms with Gasteiger partial charge in [0.1, 0.15) is 23.9 Å². The van der Waals surface area contributed by atoms with Gasteiger partial charge in [0.05, 0.1) is 12.6 Å². The lowest BCUT2D eigenvalue weighted by molar-refractivity contribution is 0.304. The molecule has 0 spiro atoms. The van der Waals surface area contributed by atoms with E-state index >= 15 is 0 Å². The van der Waals surface area contributed by atoms with E-state index in [1.165, 1.54) is 0 Å². The number of phenols is 2. The quantitative estimate of drug-likeness (QED) is 0.269. The maximum Gasteiger partial charge on any atom is 0.128 e. The molecule has 2 N–H and O–H groups in total. The molecule has 0 heterocycles. The number of aliphatic imine (C=N–C) groups is 2. The van der Waals surface area contributed by atoms with Crippen molar-refractivity contribution < 1.29 is 14.9 Å². The van der Waals surface area contributed by atoms with Crippen LogP contribution in [0.3, 0.4) is 0 Å². The molecule has 4 rings (SSSR count). The van der Waals surface area contributed by atoms with Crippen molar-refractivity contribution in [2.75, 3.05) is 6.54 Å². The van der Waals surface area contributed by atoms with Crippen molar-refractivity contribution in [3.63, 3.8) is 0 Å². The molecule has 0 radical (unpaired) electrons. The van der Waals surface area contributed by atoms with Crippen molar-refractivity contribution >= 4 is 12.4 Å². The van der Waals surface area contributed by atoms with Crippen LogP contribution in [0.2, 0.25) is 0 Å². The topological polar surface area (TPSA) is 74.4 Å². The first-order valence-corrected chi connectivity index (χ1v) is 11.9. The minimum Gasteiger partial charge on any atom is -0.507 e. The molecule has 0 aliphatic heterocycles. The molecule has 5 heteroatoms. The molecule has 182 valence electrons. The number of aryl methyl sites for hydroxylation is 1. The fourth-order valence-electron chi connectivity index (χ4n) is 3.74. The Morgan fingerprint density at radius 2 is 1.39 bits per heavy atom. The average Bonchev–Trinajstić information content (AvgIpc) is 2.89. The summed E-state index contributed by atoms with van der Waals surface area (Å²) in [6.07, 6.45) is 4.06. The van der Waals surface area contributed by atoms with Gasteiger partial charge in [-0.25, -0.2) is 0 Å². The second-order valence-electron chi connectivity index (χ2n) is 8.67. The fourth-order valence-corrected chi connectivity index (χ4v) is 3.74. The number of benzene rings is 4. The lowest BCUT2D eigenvalue weighted by atomic mass is 10.1. The summed E-state index contributed by atoms with van der Waals surface area (Å²) in [6, 6.07) is 30.6. The Bertz CT molecular complexity index is 1320. The predicted molar refractivity (Wildman–Crippen MR) is 146 cm³/mol. The zero-order valence-electron chi connectivity index (χ0n) is 20.3. The van der Waals surface area contributed by atoms with Crippen LogP contribution < -0.4 is 4.74 Å². The van der Waals surface area contributed by atoms with Crippen molar-refractivity contribution in [1.29, 1.82) is 0 Å². The lowest BCUT2D eigenvalue weighted by Gasteiger charge is -2.11. The van der Waals surface area contributed by atoms with Crippen LogP contribution in [0, 0.1) is 6.92 Å². The maximum absolute atomic E-state index is 10.5. The lowest BCUT2D eigenvalue weighted by Crippen LogP contribution is -2.13. The summed E-state index contributed by atoms with van der Waals surface area (Å²) in [5, 5.41) is 20.7. The van der Waals surface area contributed by atoms with E-state index in [0.717, 1.165) is 16.7 Å². The molecular weight excluding hydrogens is 448 g/mol. The Morgan fingerprint density at radius 1 is 0.750 bits per heavy atom. The second kappa shape index (κ2) is 12.4. The highest BCUT2D eigenvalue weighted by Gasteiger charge is 2.09. The van der Waals surface area contributed by atoms with Crippen LogP contribution >= 0.6 is 0 Å². The summed E-state index contributed by atoms with van der Waals surface area (Å²) in [4.78, 5) is 9.29. The molecule has 4 aromatic carbocycles. The van der Waals surface area contributed by atoms with Crippen LogP contribution in [-0.4, -0.2) is 35.2 Å². The van der Waals surface area contributed by atoms with Crippen LogP contribution in [0.1, 0.15) is 27.8 Å². The first-order chi connectivity index (χ1) is 17.6. The highest BCUT2D eigenvalue weighted by molar-refractivity contribution is 5.84. The molecule has 36 heavy (non-hydrogen) atoms. The second-order valence-corrected chi connectivity index (χ2v) is 8.67. The molecule has 0 aromatic heterocycles. The molecule has 0 fully saturated rings. The maximum atomic E-state index is 10.5. The van der Waals surface area contributed by atoms with Gasteiger partial charge < -0.3 is 14.9 Å². The van der Waals surface area contributed by atoms with Crippen molar-refractivity contribution in [2.45, 2.75) is 26.0 Å². The van der Waals surface area contributed by atoms with Crippen LogP contribution in [0.15, 0.2) is 107 Å². The smallest absolute Gasteiger partial charge is 0.128 e. The van der Waals surface area contributed by atoms with Gasteiger partial charge in [-0.1, -0.05) is 66.7 Å². The molecule has 1 atom stereocenters. The fraction of sp³-hybridized carbons (Fsp3) is 0.161. The van der Waals surface area contributed by atoms with E-state index in [1.807, 2.05) is 73.7 Å². The molecule has 5 nitrogen and oxygen atoms in total. The third-order valence-electron chi connectivity index (χ3n) is 5.72. The van der Waals surface area contributed by atoms with E-state index < -0.39 is 0 Å². The van der Waals surface area contributed by atoms with E-state index in [1.54, 1.807) is 30.6 Å². The first-order valence-electron chi connectivity index (χ1n) is 11.9. The van der Waals surface area contributed by atoms with Gasteiger partial charge >= 0.3 is 0 Å². The minimum atomic E-state index is -0.135. The zero-order valence-corrected chi connectivity index (χ0v) is 20.3. The first kappa shape index (κ1) is 24.7. The van der Waals surface area contributed by atoms with Crippen LogP contribution in [0.25, 0.3) is 0 Å². The van der Waals surface area contributed by atoms with Crippen molar-refractivity contribution in [3.8, 4) is 17.2 Å². The van der Waals surface area contributed by atoms with Gasteiger partial charge in [-0.15, -0.1) is 0 Å². The molecular formula is C31H30N2O3. The Hall–Kier alpha value is -4.38. The van der Waals surface area contributed by atoms with E-state index in [9.17, 15) is 10.2 Å². The van der Waals surface area contributed by atoms with E-state index in [0.29, 0.717) is 36.4 Å².